The minimum absolute atomic E-state index is 0.514. The minimum Gasteiger partial charge on any atom is -0.339 e. The Kier molecular flexibility index (Phi) is 2.82. The summed E-state index contributed by atoms with van der Waals surface area (Å²) < 4.78 is 5.11. The molecule has 0 spiro atoms. The molecule has 1 aliphatic rings. The topological polar surface area (TPSA) is 64.9 Å². The van der Waals surface area contributed by atoms with Gasteiger partial charge in [0.2, 0.25) is 5.89 Å². The van der Waals surface area contributed by atoms with Crippen molar-refractivity contribution in [3.05, 3.63) is 11.7 Å². The molecule has 78 valence electrons. The van der Waals surface area contributed by atoms with Crippen LogP contribution in [0.1, 0.15) is 43.8 Å². The van der Waals surface area contributed by atoms with Crippen molar-refractivity contribution in [1.82, 2.24) is 10.1 Å². The molecule has 2 unspecified atom stereocenters. The highest BCUT2D eigenvalue weighted by Crippen LogP contribution is 2.36. The summed E-state index contributed by atoms with van der Waals surface area (Å²) in [6, 6.07) is 0. The quantitative estimate of drug-likeness (QED) is 0.793. The maximum Gasteiger partial charge on any atom is 0.227 e. The van der Waals surface area contributed by atoms with Crippen molar-refractivity contribution in [3.63, 3.8) is 0 Å². The zero-order valence-electron chi connectivity index (χ0n) is 8.57. The number of nitrogens with zero attached hydrogens (tertiary/aromatic N) is 2. The first-order chi connectivity index (χ1) is 6.79. The van der Waals surface area contributed by atoms with Gasteiger partial charge in [0.1, 0.15) is 0 Å². The van der Waals surface area contributed by atoms with Crippen LogP contribution in [-0.4, -0.2) is 16.7 Å². The highest BCUT2D eigenvalue weighted by Gasteiger charge is 2.26. The van der Waals surface area contributed by atoms with Gasteiger partial charge in [-0.25, -0.2) is 0 Å². The van der Waals surface area contributed by atoms with Crippen molar-refractivity contribution in [2.24, 2.45) is 11.7 Å². The summed E-state index contributed by atoms with van der Waals surface area (Å²) in [7, 11) is 0. The number of hydrogen-bond donors (Lipinski definition) is 1. The Morgan fingerprint density at radius 2 is 2.36 bits per heavy atom. The van der Waals surface area contributed by atoms with Gasteiger partial charge >= 0.3 is 0 Å². The molecule has 1 fully saturated rings. The molecule has 0 amide bonds. The fourth-order valence-electron chi connectivity index (χ4n) is 2.10. The lowest BCUT2D eigenvalue weighted by Crippen LogP contribution is -2.03. The van der Waals surface area contributed by atoms with Gasteiger partial charge < -0.3 is 10.3 Å². The molecular weight excluding hydrogens is 178 g/mol. The van der Waals surface area contributed by atoms with Crippen LogP contribution in [0.25, 0.3) is 0 Å². The first-order valence-corrected chi connectivity index (χ1v) is 5.32. The second-order valence-corrected chi connectivity index (χ2v) is 4.20. The Morgan fingerprint density at radius 1 is 1.50 bits per heavy atom. The summed E-state index contributed by atoms with van der Waals surface area (Å²) in [5.41, 5.74) is 5.42. The maximum absolute atomic E-state index is 5.42. The van der Waals surface area contributed by atoms with E-state index in [0.717, 1.165) is 11.7 Å². The van der Waals surface area contributed by atoms with Gasteiger partial charge in [0.05, 0.1) is 0 Å². The Morgan fingerprint density at radius 3 is 3.00 bits per heavy atom. The van der Waals surface area contributed by atoms with Crippen LogP contribution in [0, 0.1) is 5.92 Å². The van der Waals surface area contributed by atoms with Crippen LogP contribution < -0.4 is 5.73 Å². The molecule has 1 heterocycles. The minimum atomic E-state index is 0.514. The molecule has 0 bridgehead atoms. The summed E-state index contributed by atoms with van der Waals surface area (Å²) in [5.74, 6) is 2.89. The summed E-state index contributed by atoms with van der Waals surface area (Å²) >= 11 is 0. The highest BCUT2D eigenvalue weighted by atomic mass is 16.5. The Labute approximate surface area is 83.9 Å². The van der Waals surface area contributed by atoms with E-state index in [4.69, 9.17) is 10.3 Å². The molecule has 2 atom stereocenters. The van der Waals surface area contributed by atoms with E-state index in [1.165, 1.54) is 19.3 Å². The van der Waals surface area contributed by atoms with Crippen molar-refractivity contribution in [2.75, 3.05) is 6.54 Å². The molecule has 1 saturated carbocycles. The Balaban J connectivity index is 2.02. The van der Waals surface area contributed by atoms with Crippen molar-refractivity contribution in [2.45, 2.75) is 38.5 Å². The van der Waals surface area contributed by atoms with Crippen molar-refractivity contribution in [1.29, 1.82) is 0 Å². The van der Waals surface area contributed by atoms with Crippen LogP contribution in [0.15, 0.2) is 4.52 Å². The molecule has 0 radical (unpaired) electrons. The molecule has 4 heteroatoms. The third-order valence-corrected chi connectivity index (χ3v) is 2.90. The largest absolute Gasteiger partial charge is 0.339 e. The number of rotatable bonds is 3. The zero-order valence-corrected chi connectivity index (χ0v) is 8.57. The second-order valence-electron chi connectivity index (χ2n) is 4.20. The van der Waals surface area contributed by atoms with Gasteiger partial charge in [-0.15, -0.1) is 0 Å². The molecule has 4 nitrogen and oxygen atoms in total. The molecule has 1 aliphatic carbocycles. The van der Waals surface area contributed by atoms with E-state index < -0.39 is 0 Å². The summed E-state index contributed by atoms with van der Waals surface area (Å²) in [6.45, 7) is 2.85. The fraction of sp³-hybridized carbons (Fsp3) is 0.800. The SMILES string of the molecule is CC1CCC(c2noc(CCN)n2)C1. The molecular formula is C10H17N3O. The van der Waals surface area contributed by atoms with Crippen molar-refractivity contribution < 1.29 is 4.52 Å². The average Bonchev–Trinajstić information content (AvgIpc) is 2.74. The van der Waals surface area contributed by atoms with E-state index >= 15 is 0 Å². The maximum atomic E-state index is 5.42. The van der Waals surface area contributed by atoms with Crippen LogP contribution in [0.3, 0.4) is 0 Å². The number of hydrogen-bond acceptors (Lipinski definition) is 4. The molecule has 0 aromatic carbocycles. The van der Waals surface area contributed by atoms with Gasteiger partial charge in [0, 0.05) is 18.9 Å². The Bertz CT molecular complexity index is 297. The van der Waals surface area contributed by atoms with Crippen LogP contribution >= 0.6 is 0 Å². The van der Waals surface area contributed by atoms with Crippen molar-refractivity contribution >= 4 is 0 Å². The van der Waals surface area contributed by atoms with Gasteiger partial charge in [-0.3, -0.25) is 0 Å². The lowest BCUT2D eigenvalue weighted by molar-refractivity contribution is 0.370. The lowest BCUT2D eigenvalue weighted by Gasteiger charge is -2.01. The van der Waals surface area contributed by atoms with E-state index in [2.05, 4.69) is 17.1 Å². The monoisotopic (exact) mass is 195 g/mol. The molecule has 2 N–H and O–H groups in total. The van der Waals surface area contributed by atoms with Gasteiger partial charge in [0.15, 0.2) is 5.82 Å². The zero-order chi connectivity index (χ0) is 9.97. The molecule has 1 aromatic heterocycles. The van der Waals surface area contributed by atoms with Gasteiger partial charge in [0.25, 0.3) is 0 Å². The predicted molar refractivity (Wildman–Crippen MR) is 52.8 cm³/mol. The van der Waals surface area contributed by atoms with E-state index in [-0.39, 0.29) is 0 Å². The summed E-state index contributed by atoms with van der Waals surface area (Å²) in [6.07, 6.45) is 4.37. The van der Waals surface area contributed by atoms with E-state index in [1.807, 2.05) is 0 Å². The van der Waals surface area contributed by atoms with Crippen molar-refractivity contribution in [3.8, 4) is 0 Å². The number of nitrogens with two attached hydrogens (primary N) is 1. The Hall–Kier alpha value is -0.900. The number of aromatic nitrogens is 2. The molecule has 2 rings (SSSR count). The first-order valence-electron chi connectivity index (χ1n) is 5.32. The molecule has 0 saturated heterocycles. The van der Waals surface area contributed by atoms with Crippen LogP contribution in [0.4, 0.5) is 0 Å². The van der Waals surface area contributed by atoms with E-state index in [9.17, 15) is 0 Å². The lowest BCUT2D eigenvalue weighted by atomic mass is 10.1. The predicted octanol–water partition coefficient (Wildman–Crippen LogP) is 1.47. The molecule has 1 aromatic rings. The molecule has 14 heavy (non-hydrogen) atoms. The average molecular weight is 195 g/mol. The van der Waals surface area contributed by atoms with Crippen LogP contribution in [0.5, 0.6) is 0 Å². The van der Waals surface area contributed by atoms with Gasteiger partial charge in [-0.2, -0.15) is 4.98 Å². The normalized spacial score (nSPS) is 27.0. The summed E-state index contributed by atoms with van der Waals surface area (Å²) in [5, 5.41) is 4.01. The standard InChI is InChI=1S/C10H17N3O/c1-7-2-3-8(6-7)10-12-9(4-5-11)14-13-10/h7-8H,2-6,11H2,1H3. The van der Waals surface area contributed by atoms with Gasteiger partial charge in [-0.05, 0) is 25.2 Å². The third kappa shape index (κ3) is 1.95. The summed E-state index contributed by atoms with van der Waals surface area (Å²) in [4.78, 5) is 4.36. The first kappa shape index (κ1) is 9.65. The third-order valence-electron chi connectivity index (χ3n) is 2.90. The fourth-order valence-corrected chi connectivity index (χ4v) is 2.10. The van der Waals surface area contributed by atoms with Gasteiger partial charge in [-0.1, -0.05) is 12.1 Å². The second kappa shape index (κ2) is 4.09. The van der Waals surface area contributed by atoms with E-state index in [1.54, 1.807) is 0 Å². The highest BCUT2D eigenvalue weighted by molar-refractivity contribution is 4.99. The smallest absolute Gasteiger partial charge is 0.227 e. The van der Waals surface area contributed by atoms with Crippen LogP contribution in [-0.2, 0) is 6.42 Å². The molecule has 0 aliphatic heterocycles. The van der Waals surface area contributed by atoms with Crippen LogP contribution in [0.2, 0.25) is 0 Å². The van der Waals surface area contributed by atoms with E-state index in [0.29, 0.717) is 24.8 Å².